The molecule has 0 unspecified atom stereocenters. The first-order valence-corrected chi connectivity index (χ1v) is 9.22. The molecule has 0 bridgehead atoms. The number of benzene rings is 1. The Labute approximate surface area is 168 Å². The SMILES string of the molecule is Cn1c(=O)c2c(nc(NN=CC=C(Br)c3ccccc3)n2CCO)n(C)c1=O. The van der Waals surface area contributed by atoms with E-state index in [2.05, 4.69) is 31.4 Å². The molecular formula is C18H19BrN6O3. The monoisotopic (exact) mass is 446 g/mol. The van der Waals surface area contributed by atoms with Crippen molar-refractivity contribution >= 4 is 43.7 Å². The highest BCUT2D eigenvalue weighted by Gasteiger charge is 2.18. The fourth-order valence-corrected chi connectivity index (χ4v) is 3.12. The smallest absolute Gasteiger partial charge is 0.332 e. The quantitative estimate of drug-likeness (QED) is 0.437. The summed E-state index contributed by atoms with van der Waals surface area (Å²) in [5, 5.41) is 13.5. The Morgan fingerprint density at radius 2 is 1.96 bits per heavy atom. The maximum Gasteiger partial charge on any atom is 0.332 e. The highest BCUT2D eigenvalue weighted by Crippen LogP contribution is 2.19. The van der Waals surface area contributed by atoms with Gasteiger partial charge in [0.25, 0.3) is 5.56 Å². The molecule has 0 radical (unpaired) electrons. The van der Waals surface area contributed by atoms with E-state index in [1.807, 2.05) is 30.3 Å². The number of fused-ring (bicyclic) bond motifs is 1. The molecule has 0 aliphatic rings. The molecule has 2 N–H and O–H groups in total. The number of allylic oxidation sites excluding steroid dienone is 1. The molecule has 28 heavy (non-hydrogen) atoms. The Hall–Kier alpha value is -2.98. The highest BCUT2D eigenvalue weighted by molar-refractivity contribution is 9.15. The summed E-state index contributed by atoms with van der Waals surface area (Å²) in [6.07, 6.45) is 3.30. The molecule has 0 aliphatic carbocycles. The summed E-state index contributed by atoms with van der Waals surface area (Å²) in [5.41, 5.74) is 3.25. The molecule has 146 valence electrons. The summed E-state index contributed by atoms with van der Waals surface area (Å²) >= 11 is 3.48. The second-order valence-corrected chi connectivity index (χ2v) is 6.81. The number of imidazole rings is 1. The predicted molar refractivity (Wildman–Crippen MR) is 113 cm³/mol. The first-order valence-electron chi connectivity index (χ1n) is 8.43. The number of aliphatic hydroxyl groups excluding tert-OH is 1. The second-order valence-electron chi connectivity index (χ2n) is 5.96. The lowest BCUT2D eigenvalue weighted by molar-refractivity contribution is 0.278. The van der Waals surface area contributed by atoms with Gasteiger partial charge in [-0.2, -0.15) is 10.1 Å². The standard InChI is InChI=1S/C18H19BrN6O3/c1-23-15-14(16(27)24(2)18(23)28)25(10-11-26)17(21-15)22-20-9-8-13(19)12-6-4-3-5-7-12/h3-9,26H,10-11H2,1-2H3,(H,21,22). The van der Waals surface area contributed by atoms with Crippen molar-refractivity contribution in [2.24, 2.45) is 19.2 Å². The second kappa shape index (κ2) is 8.36. The van der Waals surface area contributed by atoms with Crippen molar-refractivity contribution in [2.75, 3.05) is 12.0 Å². The Morgan fingerprint density at radius 3 is 2.64 bits per heavy atom. The molecule has 9 nitrogen and oxygen atoms in total. The molecule has 2 aromatic heterocycles. The van der Waals surface area contributed by atoms with Crippen LogP contribution in [0.2, 0.25) is 0 Å². The largest absolute Gasteiger partial charge is 0.395 e. The van der Waals surface area contributed by atoms with E-state index in [0.29, 0.717) is 0 Å². The van der Waals surface area contributed by atoms with Gasteiger partial charge >= 0.3 is 5.69 Å². The van der Waals surface area contributed by atoms with E-state index in [9.17, 15) is 14.7 Å². The normalized spacial score (nSPS) is 12.2. The van der Waals surface area contributed by atoms with Crippen molar-refractivity contribution in [1.82, 2.24) is 18.7 Å². The van der Waals surface area contributed by atoms with E-state index in [-0.39, 0.29) is 30.3 Å². The zero-order valence-corrected chi connectivity index (χ0v) is 16.9. The number of anilines is 1. The van der Waals surface area contributed by atoms with E-state index in [0.717, 1.165) is 14.6 Å². The first kappa shape index (κ1) is 19.8. The van der Waals surface area contributed by atoms with Gasteiger partial charge in [-0.1, -0.05) is 46.3 Å². The van der Waals surface area contributed by atoms with Gasteiger partial charge < -0.3 is 9.67 Å². The molecule has 0 aliphatic heterocycles. The van der Waals surface area contributed by atoms with E-state index in [1.165, 1.54) is 29.4 Å². The van der Waals surface area contributed by atoms with Gasteiger partial charge in [-0.25, -0.2) is 10.2 Å². The summed E-state index contributed by atoms with van der Waals surface area (Å²) in [5.74, 6) is 0.253. The van der Waals surface area contributed by atoms with Crippen LogP contribution in [0.1, 0.15) is 5.56 Å². The summed E-state index contributed by atoms with van der Waals surface area (Å²) in [6.45, 7) is -0.0688. The Kier molecular flexibility index (Phi) is 5.90. The number of hydrogen-bond acceptors (Lipinski definition) is 6. The van der Waals surface area contributed by atoms with Crippen LogP contribution in [0, 0.1) is 0 Å². The summed E-state index contributed by atoms with van der Waals surface area (Å²) in [7, 11) is 2.94. The lowest BCUT2D eigenvalue weighted by Gasteiger charge is -2.07. The highest BCUT2D eigenvalue weighted by atomic mass is 79.9. The minimum atomic E-state index is -0.484. The molecule has 1 aromatic carbocycles. The lowest BCUT2D eigenvalue weighted by atomic mass is 10.2. The van der Waals surface area contributed by atoms with Gasteiger partial charge in [0.2, 0.25) is 5.95 Å². The minimum Gasteiger partial charge on any atom is -0.395 e. The minimum absolute atomic E-state index is 0.130. The topological polar surface area (TPSA) is 106 Å². The molecule has 0 fully saturated rings. The molecule has 10 heteroatoms. The molecule has 2 heterocycles. The summed E-state index contributed by atoms with van der Waals surface area (Å²) < 4.78 is 4.64. The Bertz CT molecular complexity index is 1170. The maximum atomic E-state index is 12.5. The van der Waals surface area contributed by atoms with Crippen LogP contribution in [-0.2, 0) is 20.6 Å². The number of halogens is 1. The van der Waals surface area contributed by atoms with Crippen LogP contribution >= 0.6 is 15.9 Å². The van der Waals surface area contributed by atoms with Crippen LogP contribution in [-0.4, -0.2) is 36.6 Å². The van der Waals surface area contributed by atoms with Crippen molar-refractivity contribution in [3.05, 3.63) is 62.8 Å². The number of aryl methyl sites for hydroxylation is 1. The number of hydrogen-bond donors (Lipinski definition) is 2. The maximum absolute atomic E-state index is 12.5. The number of rotatable bonds is 6. The third kappa shape index (κ3) is 3.69. The van der Waals surface area contributed by atoms with Crippen molar-refractivity contribution < 1.29 is 5.11 Å². The number of aliphatic hydroxyl groups is 1. The van der Waals surface area contributed by atoms with Gasteiger partial charge in [0.15, 0.2) is 11.2 Å². The third-order valence-corrected chi connectivity index (χ3v) is 4.90. The molecule has 0 saturated heterocycles. The van der Waals surface area contributed by atoms with E-state index in [4.69, 9.17) is 0 Å². The Morgan fingerprint density at radius 1 is 1.25 bits per heavy atom. The summed E-state index contributed by atoms with van der Waals surface area (Å²) in [6, 6.07) is 9.71. The van der Waals surface area contributed by atoms with Gasteiger partial charge in [-0.15, -0.1) is 0 Å². The van der Waals surface area contributed by atoms with Crippen LogP contribution < -0.4 is 16.7 Å². The molecule has 0 amide bonds. The van der Waals surface area contributed by atoms with Gasteiger partial charge in [0.05, 0.1) is 6.61 Å². The molecule has 3 aromatic rings. The van der Waals surface area contributed by atoms with Crippen LogP contribution in [0.25, 0.3) is 15.6 Å². The van der Waals surface area contributed by atoms with E-state index in [1.54, 1.807) is 6.08 Å². The Balaban J connectivity index is 1.96. The van der Waals surface area contributed by atoms with Crippen molar-refractivity contribution in [2.45, 2.75) is 6.54 Å². The third-order valence-electron chi connectivity index (χ3n) is 4.18. The fourth-order valence-electron chi connectivity index (χ4n) is 2.74. The average Bonchev–Trinajstić information content (AvgIpc) is 3.07. The van der Waals surface area contributed by atoms with Gasteiger partial charge in [0, 0.05) is 31.3 Å². The van der Waals surface area contributed by atoms with Crippen molar-refractivity contribution in [1.29, 1.82) is 0 Å². The number of aromatic nitrogens is 4. The van der Waals surface area contributed by atoms with Crippen LogP contribution in [0.3, 0.4) is 0 Å². The molecule has 0 atom stereocenters. The number of nitrogens with zero attached hydrogens (tertiary/aromatic N) is 5. The zero-order chi connectivity index (χ0) is 20.3. The summed E-state index contributed by atoms with van der Waals surface area (Å²) in [4.78, 5) is 28.9. The number of hydrazone groups is 1. The molecular weight excluding hydrogens is 428 g/mol. The molecule has 0 spiro atoms. The molecule has 3 rings (SSSR count). The molecule has 0 saturated carbocycles. The van der Waals surface area contributed by atoms with E-state index < -0.39 is 11.2 Å². The van der Waals surface area contributed by atoms with Gasteiger partial charge in [-0.3, -0.25) is 13.9 Å². The van der Waals surface area contributed by atoms with Crippen molar-refractivity contribution in [3.8, 4) is 0 Å². The fraction of sp³-hybridized carbons (Fsp3) is 0.222. The van der Waals surface area contributed by atoms with Crippen LogP contribution in [0.5, 0.6) is 0 Å². The lowest BCUT2D eigenvalue weighted by Crippen LogP contribution is -2.37. The van der Waals surface area contributed by atoms with Gasteiger partial charge in [0.1, 0.15) is 0 Å². The van der Waals surface area contributed by atoms with Crippen LogP contribution in [0.15, 0.2) is 51.1 Å². The van der Waals surface area contributed by atoms with E-state index >= 15 is 0 Å². The number of nitrogens with one attached hydrogen (secondary N) is 1. The van der Waals surface area contributed by atoms with Crippen LogP contribution in [0.4, 0.5) is 5.95 Å². The average molecular weight is 447 g/mol. The zero-order valence-electron chi connectivity index (χ0n) is 15.3. The van der Waals surface area contributed by atoms with Gasteiger partial charge in [-0.05, 0) is 11.6 Å². The first-order chi connectivity index (χ1) is 13.5. The predicted octanol–water partition coefficient (Wildman–Crippen LogP) is 1.26. The van der Waals surface area contributed by atoms with Crippen molar-refractivity contribution in [3.63, 3.8) is 0 Å².